The van der Waals surface area contributed by atoms with Crippen molar-refractivity contribution in [2.24, 2.45) is 5.92 Å². The first-order valence-electron chi connectivity index (χ1n) is 3.87. The third kappa shape index (κ3) is 14.3. The zero-order chi connectivity index (χ0) is 8.43. The Kier molecular flexibility index (Phi) is 57.6. The Morgan fingerprint density at radius 1 is 0.944 bits per heavy atom. The zero-order valence-corrected chi connectivity index (χ0v) is 30.0. The summed E-state index contributed by atoms with van der Waals surface area (Å²) in [6.45, 7) is 2.17. The van der Waals surface area contributed by atoms with Crippen LogP contribution in [0.2, 0.25) is 0 Å². The minimum Gasteiger partial charge on any atom is -0.395 e. The topological polar surface area (TPSA) is 72.7 Å². The van der Waals surface area contributed by atoms with E-state index in [4.69, 9.17) is 10.2 Å². The van der Waals surface area contributed by atoms with Crippen LogP contribution in [-0.2, 0) is 147 Å². The molecule has 1 aliphatic heterocycles. The van der Waals surface area contributed by atoms with Gasteiger partial charge in [0.25, 0.3) is 0 Å². The van der Waals surface area contributed by atoms with Crippen LogP contribution in [0.15, 0.2) is 0 Å². The predicted molar refractivity (Wildman–Crippen MR) is 40.1 cm³/mol. The fourth-order valence-corrected chi connectivity index (χ4v) is 1.40. The van der Waals surface area contributed by atoms with Crippen molar-refractivity contribution in [2.45, 2.75) is 25.2 Å². The fraction of sp³-hybridized carbons (Fsp3) is 1.00. The van der Waals surface area contributed by atoms with Crippen molar-refractivity contribution in [1.29, 1.82) is 0 Å². The molecule has 0 amide bonds. The normalized spacial score (nSPS) is 28.0. The van der Waals surface area contributed by atoms with E-state index in [9.17, 15) is 5.11 Å². The monoisotopic (exact) mass is 1450 g/mol. The number of hydrogen-bond acceptors (Lipinski definition) is 4. The summed E-state index contributed by atoms with van der Waals surface area (Å²) in [6.07, 6.45) is -1.42. The van der Waals surface area contributed by atoms with Crippen molar-refractivity contribution in [2.75, 3.05) is 13.2 Å². The Bertz CT molecular complexity index is 146. The van der Waals surface area contributed by atoms with Gasteiger partial charge in [-0.2, -0.15) is 0 Å². The minimum atomic E-state index is -0.714. The van der Waals surface area contributed by atoms with Crippen LogP contribution < -0.4 is 5.32 Å². The molecular weight excluding hydrogens is 1430 g/mol. The standard InChI is InChI=1S/C7H15NO3.7W/c1-4-5(3-9)8-2-6(10)7(4)11;;;;;;;/h4-11H,2-3H2,1H3;;;;;;;/t4-,5-,6+,7+;;;;;;;/m1......./s1. The van der Waals surface area contributed by atoms with E-state index in [2.05, 4.69) is 5.32 Å². The quantitative estimate of drug-likeness (QED) is 0.253. The van der Waals surface area contributed by atoms with Crippen molar-refractivity contribution in [3.05, 3.63) is 0 Å². The molecule has 1 heterocycles. The third-order valence-electron chi connectivity index (χ3n) is 2.35. The summed E-state index contributed by atoms with van der Waals surface area (Å²) >= 11 is 0. The number of rotatable bonds is 1. The smallest absolute Gasteiger partial charge is 0.0926 e. The number of hydrogen-bond donors (Lipinski definition) is 4. The molecule has 11 heteroatoms. The summed E-state index contributed by atoms with van der Waals surface area (Å²) < 4.78 is 0. The van der Waals surface area contributed by atoms with E-state index in [0.717, 1.165) is 0 Å². The molecule has 4 N–H and O–H groups in total. The molecule has 0 aliphatic carbocycles. The van der Waals surface area contributed by atoms with Crippen molar-refractivity contribution >= 4 is 0 Å². The molecule has 4 nitrogen and oxygen atoms in total. The van der Waals surface area contributed by atoms with Gasteiger partial charge >= 0.3 is 0 Å². The van der Waals surface area contributed by atoms with Crippen LogP contribution in [0.1, 0.15) is 6.92 Å². The number of piperidine rings is 1. The molecule has 108 valence electrons. The second-order valence-corrected chi connectivity index (χ2v) is 3.11. The Labute approximate surface area is 209 Å². The first-order chi connectivity index (χ1) is 5.16. The molecule has 1 saturated heterocycles. The number of β-amino-alcohol motifs (C(OH)–C–C–N with tert-alkyl or cyclic N) is 1. The molecular formula is C7H15NO3W7. The number of nitrogens with one attached hydrogen (secondary N) is 1. The first kappa shape index (κ1) is 43.3. The maximum absolute atomic E-state index is 9.35. The van der Waals surface area contributed by atoms with Crippen molar-refractivity contribution in [3.63, 3.8) is 0 Å². The summed E-state index contributed by atoms with van der Waals surface area (Å²) in [5.74, 6) is -0.0938. The van der Waals surface area contributed by atoms with Gasteiger partial charge in [-0.05, 0) is 0 Å². The Hall–Kier alpha value is 4.66. The molecule has 18 heavy (non-hydrogen) atoms. The van der Waals surface area contributed by atoms with Crippen LogP contribution in [0.3, 0.4) is 0 Å². The second-order valence-electron chi connectivity index (χ2n) is 3.11. The van der Waals surface area contributed by atoms with Crippen LogP contribution in [0.4, 0.5) is 0 Å². The molecule has 4 atom stereocenters. The Morgan fingerprint density at radius 3 is 1.67 bits per heavy atom. The Morgan fingerprint density at radius 2 is 1.33 bits per heavy atom. The van der Waals surface area contributed by atoms with E-state index >= 15 is 0 Å². The van der Waals surface area contributed by atoms with E-state index in [-0.39, 0.29) is 166 Å². The molecule has 0 bridgehead atoms. The number of aliphatic hydroxyl groups excluding tert-OH is 3. The van der Waals surface area contributed by atoms with Gasteiger partial charge in [-0.1, -0.05) is 6.92 Å². The van der Waals surface area contributed by atoms with Gasteiger partial charge in [-0.25, -0.2) is 0 Å². The minimum absolute atomic E-state index is 0. The maximum Gasteiger partial charge on any atom is 0.0926 e. The van der Waals surface area contributed by atoms with E-state index in [1.54, 1.807) is 6.92 Å². The van der Waals surface area contributed by atoms with Gasteiger partial charge in [0.05, 0.1) is 18.8 Å². The molecule has 1 fully saturated rings. The SMILES string of the molecule is C[C@H]1[C@H](O)[C@@H](O)CN[C@@H]1CO.[W].[W].[W].[W].[W].[W].[W]. The Balaban J connectivity index is -0.0000000346. The largest absolute Gasteiger partial charge is 0.395 e. The van der Waals surface area contributed by atoms with Crippen LogP contribution in [0.25, 0.3) is 0 Å². The van der Waals surface area contributed by atoms with Crippen LogP contribution >= 0.6 is 0 Å². The molecule has 0 aromatic rings. The molecule has 0 unspecified atom stereocenters. The summed E-state index contributed by atoms with van der Waals surface area (Å²) in [4.78, 5) is 0. The third-order valence-corrected chi connectivity index (χ3v) is 2.35. The first-order valence-corrected chi connectivity index (χ1v) is 3.87. The molecule has 1 aliphatic rings. The van der Waals surface area contributed by atoms with Gasteiger partial charge in [0, 0.05) is 166 Å². The van der Waals surface area contributed by atoms with Crippen LogP contribution in [0, 0.1) is 5.92 Å². The summed E-state index contributed by atoms with van der Waals surface area (Å²) in [6, 6.07) is -0.0894. The van der Waals surface area contributed by atoms with Crippen molar-refractivity contribution in [3.8, 4) is 0 Å². The average molecular weight is 1450 g/mol. The van der Waals surface area contributed by atoms with Crippen LogP contribution in [-0.4, -0.2) is 46.7 Å². The zero-order valence-electron chi connectivity index (χ0n) is 9.42. The van der Waals surface area contributed by atoms with Gasteiger partial charge in [0.2, 0.25) is 0 Å². The predicted octanol–water partition coefficient (Wildman–Crippen LogP) is -1.71. The van der Waals surface area contributed by atoms with Crippen molar-refractivity contribution < 1.29 is 163 Å². The van der Waals surface area contributed by atoms with E-state index < -0.39 is 12.2 Å². The van der Waals surface area contributed by atoms with E-state index in [1.165, 1.54) is 0 Å². The molecule has 0 aromatic carbocycles. The van der Waals surface area contributed by atoms with Gasteiger partial charge in [-0.3, -0.25) is 0 Å². The maximum atomic E-state index is 9.35. The van der Waals surface area contributed by atoms with Gasteiger partial charge in [-0.15, -0.1) is 0 Å². The molecule has 0 saturated carbocycles. The molecule has 0 radical (unpaired) electrons. The summed E-state index contributed by atoms with van der Waals surface area (Å²) in [5.41, 5.74) is 0. The summed E-state index contributed by atoms with van der Waals surface area (Å²) in [7, 11) is 0. The molecule has 0 spiro atoms. The summed E-state index contributed by atoms with van der Waals surface area (Å²) in [5, 5.41) is 30.3. The molecule has 0 aromatic heterocycles. The van der Waals surface area contributed by atoms with Crippen LogP contribution in [0.5, 0.6) is 0 Å². The van der Waals surface area contributed by atoms with Gasteiger partial charge in [0.15, 0.2) is 0 Å². The van der Waals surface area contributed by atoms with Gasteiger partial charge < -0.3 is 20.6 Å². The molecule has 1 rings (SSSR count). The fourth-order valence-electron chi connectivity index (χ4n) is 1.40. The second kappa shape index (κ2) is 23.9. The average Bonchev–Trinajstić information content (AvgIpc) is 2.01. The van der Waals surface area contributed by atoms with Gasteiger partial charge in [0.1, 0.15) is 0 Å². The van der Waals surface area contributed by atoms with E-state index in [1.807, 2.05) is 0 Å². The van der Waals surface area contributed by atoms with Crippen molar-refractivity contribution in [1.82, 2.24) is 5.32 Å². The number of aliphatic hydroxyl groups is 3. The van der Waals surface area contributed by atoms with E-state index in [0.29, 0.717) is 6.54 Å².